The highest BCUT2D eigenvalue weighted by Gasteiger charge is 2.14. The highest BCUT2D eigenvalue weighted by molar-refractivity contribution is 5.57. The Kier molecular flexibility index (Phi) is 5.74. The van der Waals surface area contributed by atoms with Crippen LogP contribution in [0, 0.1) is 42.0 Å². The van der Waals surface area contributed by atoms with E-state index in [4.69, 9.17) is 0 Å². The van der Waals surface area contributed by atoms with E-state index in [1.54, 1.807) is 0 Å². The summed E-state index contributed by atoms with van der Waals surface area (Å²) in [5.41, 5.74) is 0.679. The Balaban J connectivity index is 1.87. The van der Waals surface area contributed by atoms with Gasteiger partial charge in [-0.05, 0) is 36.6 Å². The Morgan fingerprint density at radius 2 is 1.54 bits per heavy atom. The molecule has 0 aliphatic rings. The topological polar surface area (TPSA) is 25.8 Å². The van der Waals surface area contributed by atoms with Crippen molar-refractivity contribution in [3.8, 4) is 23.2 Å². The molecule has 0 spiro atoms. The van der Waals surface area contributed by atoms with Crippen LogP contribution in [0.15, 0.2) is 36.7 Å². The van der Waals surface area contributed by atoms with E-state index in [0.717, 1.165) is 0 Å². The summed E-state index contributed by atoms with van der Waals surface area (Å²) in [6.07, 6.45) is 3.77. The van der Waals surface area contributed by atoms with Gasteiger partial charge in [0.25, 0.3) is 0 Å². The van der Waals surface area contributed by atoms with E-state index in [-0.39, 0.29) is 22.5 Å². The summed E-state index contributed by atoms with van der Waals surface area (Å²) in [4.78, 5) is 7.97. The lowest BCUT2D eigenvalue weighted by Crippen LogP contribution is -1.98. The van der Waals surface area contributed by atoms with E-state index in [9.17, 15) is 17.6 Å². The minimum absolute atomic E-state index is 0.00286. The second-order valence-electron chi connectivity index (χ2n) is 6.25. The fourth-order valence-electron chi connectivity index (χ4n) is 2.64. The number of hydrogen-bond donors (Lipinski definition) is 0. The predicted octanol–water partition coefficient (Wildman–Crippen LogP) is 5.36. The van der Waals surface area contributed by atoms with Crippen molar-refractivity contribution < 1.29 is 17.6 Å². The van der Waals surface area contributed by atoms with Crippen molar-refractivity contribution in [1.82, 2.24) is 9.97 Å². The van der Waals surface area contributed by atoms with Crippen molar-refractivity contribution in [1.29, 1.82) is 0 Å². The molecule has 0 bridgehead atoms. The summed E-state index contributed by atoms with van der Waals surface area (Å²) < 4.78 is 55.8. The summed E-state index contributed by atoms with van der Waals surface area (Å²) in [6.45, 7) is 3.34. The van der Waals surface area contributed by atoms with Crippen LogP contribution in [0.3, 0.4) is 0 Å². The maximum atomic E-state index is 14.1. The molecule has 0 N–H and O–H groups in total. The largest absolute Gasteiger partial charge is 0.235 e. The van der Waals surface area contributed by atoms with E-state index in [1.165, 1.54) is 43.6 Å². The molecule has 142 valence electrons. The molecule has 3 aromatic rings. The van der Waals surface area contributed by atoms with Gasteiger partial charge in [-0.15, -0.1) is 0 Å². The molecule has 6 heteroatoms. The molecular formula is C22H16F4N2. The van der Waals surface area contributed by atoms with E-state index in [1.807, 2.05) is 6.92 Å². The minimum Gasteiger partial charge on any atom is -0.235 e. The first kappa shape index (κ1) is 19.6. The van der Waals surface area contributed by atoms with Crippen LogP contribution in [0.1, 0.15) is 35.6 Å². The normalized spacial score (nSPS) is 10.5. The molecule has 0 radical (unpaired) electrons. The van der Waals surface area contributed by atoms with Gasteiger partial charge >= 0.3 is 0 Å². The van der Waals surface area contributed by atoms with Gasteiger partial charge in [-0.25, -0.2) is 27.5 Å². The number of rotatable bonds is 3. The number of halogens is 4. The van der Waals surface area contributed by atoms with Crippen molar-refractivity contribution in [2.24, 2.45) is 0 Å². The lowest BCUT2D eigenvalue weighted by Gasteiger charge is -2.05. The fourth-order valence-corrected chi connectivity index (χ4v) is 2.64. The van der Waals surface area contributed by atoms with E-state index in [2.05, 4.69) is 21.8 Å². The maximum absolute atomic E-state index is 14.1. The Bertz CT molecular complexity index is 1080. The van der Waals surface area contributed by atoms with Gasteiger partial charge in [0.15, 0.2) is 29.1 Å². The van der Waals surface area contributed by atoms with Crippen molar-refractivity contribution >= 4 is 0 Å². The Morgan fingerprint density at radius 1 is 0.821 bits per heavy atom. The first-order valence-electron chi connectivity index (χ1n) is 8.68. The standard InChI is InChI=1S/C22H16F4N2/c1-3-4-15-8-9-16(20(25)19(15)24)7-6-14-11-27-22(28-12-14)17-10-5-13(2)18(23)21(17)26/h5,8-12H,3-4H2,1-2H3. The van der Waals surface area contributed by atoms with Gasteiger partial charge in [-0.1, -0.05) is 37.3 Å². The third-order valence-electron chi connectivity index (χ3n) is 4.19. The predicted molar refractivity (Wildman–Crippen MR) is 98.5 cm³/mol. The average Bonchev–Trinajstić information content (AvgIpc) is 2.70. The average molecular weight is 384 g/mol. The molecular weight excluding hydrogens is 368 g/mol. The summed E-state index contributed by atoms with van der Waals surface area (Å²) in [5, 5.41) is 0. The summed E-state index contributed by atoms with van der Waals surface area (Å²) in [5.74, 6) is 1.34. The Hall–Kier alpha value is -3.20. The molecule has 1 aromatic heterocycles. The van der Waals surface area contributed by atoms with Crippen molar-refractivity contribution in [3.05, 3.63) is 82.2 Å². The highest BCUT2D eigenvalue weighted by Crippen LogP contribution is 2.23. The van der Waals surface area contributed by atoms with Gasteiger partial charge in [0, 0.05) is 12.4 Å². The Labute approximate surface area is 160 Å². The second-order valence-corrected chi connectivity index (χ2v) is 6.25. The molecule has 0 unspecified atom stereocenters. The highest BCUT2D eigenvalue weighted by atomic mass is 19.2. The monoisotopic (exact) mass is 384 g/mol. The molecule has 0 atom stereocenters. The molecule has 0 fully saturated rings. The van der Waals surface area contributed by atoms with Gasteiger partial charge < -0.3 is 0 Å². The zero-order chi connectivity index (χ0) is 20.3. The second kappa shape index (κ2) is 8.22. The lowest BCUT2D eigenvalue weighted by molar-refractivity contribution is 0.496. The summed E-state index contributed by atoms with van der Waals surface area (Å²) >= 11 is 0. The molecule has 3 rings (SSSR count). The summed E-state index contributed by atoms with van der Waals surface area (Å²) in [6, 6.07) is 5.77. The molecule has 1 heterocycles. The van der Waals surface area contributed by atoms with Gasteiger partial charge in [0.05, 0.1) is 16.7 Å². The molecule has 0 amide bonds. The van der Waals surface area contributed by atoms with E-state index in [0.29, 0.717) is 24.0 Å². The summed E-state index contributed by atoms with van der Waals surface area (Å²) in [7, 11) is 0. The molecule has 2 aromatic carbocycles. The maximum Gasteiger partial charge on any atom is 0.174 e. The van der Waals surface area contributed by atoms with Gasteiger partial charge in [0.2, 0.25) is 0 Å². The number of hydrogen-bond acceptors (Lipinski definition) is 2. The molecule has 0 aliphatic carbocycles. The van der Waals surface area contributed by atoms with Crippen LogP contribution in [-0.4, -0.2) is 9.97 Å². The zero-order valence-corrected chi connectivity index (χ0v) is 15.3. The van der Waals surface area contributed by atoms with Gasteiger partial charge in [-0.3, -0.25) is 0 Å². The number of aromatic nitrogens is 2. The van der Waals surface area contributed by atoms with Crippen molar-refractivity contribution in [2.75, 3.05) is 0 Å². The number of aryl methyl sites for hydroxylation is 2. The van der Waals surface area contributed by atoms with Gasteiger partial charge in [-0.2, -0.15) is 0 Å². The van der Waals surface area contributed by atoms with Crippen molar-refractivity contribution in [3.63, 3.8) is 0 Å². The quantitative estimate of drug-likeness (QED) is 0.449. The minimum atomic E-state index is -1.02. The first-order valence-corrected chi connectivity index (χ1v) is 8.68. The smallest absolute Gasteiger partial charge is 0.174 e. The van der Waals surface area contributed by atoms with Crippen LogP contribution < -0.4 is 0 Å². The zero-order valence-electron chi connectivity index (χ0n) is 15.3. The molecule has 28 heavy (non-hydrogen) atoms. The van der Waals surface area contributed by atoms with Crippen LogP contribution >= 0.6 is 0 Å². The fraction of sp³-hybridized carbons (Fsp3) is 0.182. The third kappa shape index (κ3) is 3.89. The van der Waals surface area contributed by atoms with Gasteiger partial charge in [0.1, 0.15) is 0 Å². The third-order valence-corrected chi connectivity index (χ3v) is 4.19. The van der Waals surface area contributed by atoms with Crippen LogP contribution in [0.25, 0.3) is 11.4 Å². The van der Waals surface area contributed by atoms with Crippen molar-refractivity contribution in [2.45, 2.75) is 26.7 Å². The van der Waals surface area contributed by atoms with Crippen LogP contribution in [0.5, 0.6) is 0 Å². The molecule has 0 saturated carbocycles. The van der Waals surface area contributed by atoms with Crippen LogP contribution in [-0.2, 0) is 6.42 Å². The van der Waals surface area contributed by atoms with Crippen LogP contribution in [0.2, 0.25) is 0 Å². The number of nitrogens with zero attached hydrogens (tertiary/aromatic N) is 2. The molecule has 2 nitrogen and oxygen atoms in total. The van der Waals surface area contributed by atoms with E-state index < -0.39 is 23.3 Å². The lowest BCUT2D eigenvalue weighted by atomic mass is 10.1. The first-order chi connectivity index (χ1) is 13.4. The van der Waals surface area contributed by atoms with E-state index >= 15 is 0 Å². The Morgan fingerprint density at radius 3 is 2.21 bits per heavy atom. The molecule has 0 aliphatic heterocycles. The van der Waals surface area contributed by atoms with Crippen LogP contribution in [0.4, 0.5) is 17.6 Å². The SMILES string of the molecule is CCCc1ccc(C#Cc2cnc(-c3ccc(C)c(F)c3F)nc2)c(F)c1F. The molecule has 0 saturated heterocycles. The number of benzene rings is 2.